The van der Waals surface area contributed by atoms with Gasteiger partial charge in [-0.05, 0) is 25.8 Å². The lowest BCUT2D eigenvalue weighted by Crippen LogP contribution is -2.42. The van der Waals surface area contributed by atoms with Crippen LogP contribution < -0.4 is 5.73 Å². The molecule has 1 aliphatic heterocycles. The normalized spacial score (nSPS) is 26.8. The van der Waals surface area contributed by atoms with Crippen LogP contribution in [0.4, 0.5) is 0 Å². The number of piperidine rings is 1. The molecule has 64 valence electrons. The van der Waals surface area contributed by atoms with Crippen LogP contribution >= 0.6 is 0 Å². The van der Waals surface area contributed by atoms with Gasteiger partial charge in [-0.2, -0.15) is 0 Å². The van der Waals surface area contributed by atoms with Crippen molar-refractivity contribution in [1.82, 2.24) is 4.90 Å². The van der Waals surface area contributed by atoms with Gasteiger partial charge in [-0.25, -0.2) is 0 Å². The Bertz CT molecular complexity index is 123. The molecule has 0 aromatic rings. The average Bonchev–Trinajstić information content (AvgIpc) is 2.06. The maximum absolute atomic E-state index is 5.62. The van der Waals surface area contributed by atoms with Gasteiger partial charge >= 0.3 is 0 Å². The van der Waals surface area contributed by atoms with Crippen LogP contribution in [0.2, 0.25) is 0 Å². The van der Waals surface area contributed by atoms with Crippen molar-refractivity contribution in [2.45, 2.75) is 31.7 Å². The predicted octanol–water partition coefficient (Wildman–Crippen LogP) is 1.33. The molecule has 0 bridgehead atoms. The summed E-state index contributed by atoms with van der Waals surface area (Å²) in [7, 11) is 0. The third kappa shape index (κ3) is 2.31. The van der Waals surface area contributed by atoms with Gasteiger partial charge in [0.15, 0.2) is 0 Å². The first-order valence-electron chi connectivity index (χ1n) is 4.43. The fourth-order valence-corrected chi connectivity index (χ4v) is 1.76. The van der Waals surface area contributed by atoms with Gasteiger partial charge in [0.2, 0.25) is 0 Å². The summed E-state index contributed by atoms with van der Waals surface area (Å²) in [6.45, 7) is 5.64. The topological polar surface area (TPSA) is 29.3 Å². The molecule has 0 amide bonds. The number of hydrogen-bond donors (Lipinski definition) is 1. The predicted molar refractivity (Wildman–Crippen MR) is 48.2 cm³/mol. The fourth-order valence-electron chi connectivity index (χ4n) is 1.76. The van der Waals surface area contributed by atoms with Gasteiger partial charge in [0.05, 0.1) is 0 Å². The Morgan fingerprint density at radius 3 is 3.00 bits per heavy atom. The average molecular weight is 154 g/mol. The lowest BCUT2D eigenvalue weighted by Gasteiger charge is -2.33. The monoisotopic (exact) mass is 154 g/mol. The smallest absolute Gasteiger partial charge is 0.0458 e. The summed E-state index contributed by atoms with van der Waals surface area (Å²) < 4.78 is 0. The zero-order chi connectivity index (χ0) is 8.10. The van der Waals surface area contributed by atoms with Crippen LogP contribution in [-0.2, 0) is 0 Å². The Kier molecular flexibility index (Phi) is 3.60. The van der Waals surface area contributed by atoms with Crippen LogP contribution in [0.1, 0.15) is 25.7 Å². The SMILES string of the molecule is C=CCC1CCCCN1CN. The van der Waals surface area contributed by atoms with E-state index < -0.39 is 0 Å². The molecule has 1 unspecified atom stereocenters. The fraction of sp³-hybridized carbons (Fsp3) is 0.778. The highest BCUT2D eigenvalue weighted by molar-refractivity contribution is 4.82. The van der Waals surface area contributed by atoms with Crippen LogP contribution in [0.15, 0.2) is 12.7 Å². The minimum Gasteiger partial charge on any atom is -0.318 e. The molecule has 0 radical (unpaired) electrons. The number of likely N-dealkylation sites (tertiary alicyclic amines) is 1. The van der Waals surface area contributed by atoms with Crippen molar-refractivity contribution in [3.05, 3.63) is 12.7 Å². The first-order chi connectivity index (χ1) is 5.38. The summed E-state index contributed by atoms with van der Waals surface area (Å²) in [5.74, 6) is 0. The minimum absolute atomic E-state index is 0.672. The quantitative estimate of drug-likeness (QED) is 0.621. The van der Waals surface area contributed by atoms with Gasteiger partial charge < -0.3 is 5.73 Å². The second kappa shape index (κ2) is 4.52. The highest BCUT2D eigenvalue weighted by Crippen LogP contribution is 2.18. The van der Waals surface area contributed by atoms with Crippen LogP contribution in [-0.4, -0.2) is 24.2 Å². The molecule has 0 saturated carbocycles. The van der Waals surface area contributed by atoms with Crippen molar-refractivity contribution in [2.75, 3.05) is 13.2 Å². The van der Waals surface area contributed by atoms with Crippen molar-refractivity contribution >= 4 is 0 Å². The highest BCUT2D eigenvalue weighted by Gasteiger charge is 2.18. The number of nitrogens with two attached hydrogens (primary N) is 1. The Labute approximate surface area is 69.1 Å². The van der Waals surface area contributed by atoms with E-state index in [2.05, 4.69) is 11.5 Å². The molecule has 1 fully saturated rings. The van der Waals surface area contributed by atoms with Gasteiger partial charge in [0, 0.05) is 12.7 Å². The van der Waals surface area contributed by atoms with Crippen molar-refractivity contribution < 1.29 is 0 Å². The third-order valence-electron chi connectivity index (χ3n) is 2.42. The van der Waals surface area contributed by atoms with Gasteiger partial charge in [0.1, 0.15) is 0 Å². The molecule has 11 heavy (non-hydrogen) atoms. The third-order valence-corrected chi connectivity index (χ3v) is 2.42. The molecule has 1 heterocycles. The molecule has 0 aromatic carbocycles. The van der Waals surface area contributed by atoms with E-state index in [0.29, 0.717) is 12.7 Å². The van der Waals surface area contributed by atoms with E-state index in [1.54, 1.807) is 0 Å². The van der Waals surface area contributed by atoms with Crippen molar-refractivity contribution in [3.63, 3.8) is 0 Å². The largest absolute Gasteiger partial charge is 0.318 e. The number of rotatable bonds is 3. The summed E-state index contributed by atoms with van der Waals surface area (Å²) in [4.78, 5) is 2.35. The molecule has 2 heteroatoms. The summed E-state index contributed by atoms with van der Waals surface area (Å²) in [6.07, 6.45) is 7.05. The Morgan fingerprint density at radius 1 is 1.55 bits per heavy atom. The van der Waals surface area contributed by atoms with E-state index in [9.17, 15) is 0 Å². The second-order valence-corrected chi connectivity index (χ2v) is 3.17. The lowest BCUT2D eigenvalue weighted by atomic mass is 10.0. The Morgan fingerprint density at radius 2 is 2.36 bits per heavy atom. The number of hydrogen-bond acceptors (Lipinski definition) is 2. The van der Waals surface area contributed by atoms with Crippen molar-refractivity contribution in [3.8, 4) is 0 Å². The molecule has 0 aromatic heterocycles. The van der Waals surface area contributed by atoms with Crippen molar-refractivity contribution in [1.29, 1.82) is 0 Å². The molecule has 0 spiro atoms. The summed E-state index contributed by atoms with van der Waals surface area (Å²) in [5.41, 5.74) is 5.62. The van der Waals surface area contributed by atoms with Crippen LogP contribution in [0, 0.1) is 0 Å². The molecular formula is C9H18N2. The van der Waals surface area contributed by atoms with Gasteiger partial charge in [-0.3, -0.25) is 4.90 Å². The van der Waals surface area contributed by atoms with E-state index in [-0.39, 0.29) is 0 Å². The molecule has 1 rings (SSSR count). The summed E-state index contributed by atoms with van der Waals surface area (Å²) in [6, 6.07) is 0.672. The number of nitrogens with zero attached hydrogens (tertiary/aromatic N) is 1. The standard InChI is InChI=1S/C9H18N2/c1-2-5-9-6-3-4-7-11(9)8-10/h2,9H,1,3-8,10H2. The van der Waals surface area contributed by atoms with E-state index in [4.69, 9.17) is 5.73 Å². The van der Waals surface area contributed by atoms with Gasteiger partial charge in [-0.1, -0.05) is 12.5 Å². The maximum Gasteiger partial charge on any atom is 0.0458 e. The van der Waals surface area contributed by atoms with E-state index in [1.807, 2.05) is 6.08 Å². The van der Waals surface area contributed by atoms with Gasteiger partial charge in [-0.15, -0.1) is 6.58 Å². The highest BCUT2D eigenvalue weighted by atomic mass is 15.2. The van der Waals surface area contributed by atoms with Crippen LogP contribution in [0.25, 0.3) is 0 Å². The molecule has 0 aliphatic carbocycles. The second-order valence-electron chi connectivity index (χ2n) is 3.17. The van der Waals surface area contributed by atoms with E-state index >= 15 is 0 Å². The molecule has 1 atom stereocenters. The zero-order valence-electron chi connectivity index (χ0n) is 7.13. The molecule has 1 aliphatic rings. The van der Waals surface area contributed by atoms with Crippen LogP contribution in [0.3, 0.4) is 0 Å². The molecule has 2 N–H and O–H groups in total. The van der Waals surface area contributed by atoms with Crippen LogP contribution in [0.5, 0.6) is 0 Å². The Balaban J connectivity index is 2.37. The van der Waals surface area contributed by atoms with E-state index in [1.165, 1.54) is 25.8 Å². The molecular weight excluding hydrogens is 136 g/mol. The van der Waals surface area contributed by atoms with Crippen molar-refractivity contribution in [2.24, 2.45) is 5.73 Å². The van der Waals surface area contributed by atoms with E-state index in [0.717, 1.165) is 6.42 Å². The lowest BCUT2D eigenvalue weighted by molar-refractivity contribution is 0.153. The summed E-state index contributed by atoms with van der Waals surface area (Å²) in [5, 5.41) is 0. The Hall–Kier alpha value is -0.340. The van der Waals surface area contributed by atoms with Gasteiger partial charge in [0.25, 0.3) is 0 Å². The zero-order valence-corrected chi connectivity index (χ0v) is 7.13. The first kappa shape index (κ1) is 8.75. The first-order valence-corrected chi connectivity index (χ1v) is 4.43. The molecule has 2 nitrogen and oxygen atoms in total. The minimum atomic E-state index is 0.672. The summed E-state index contributed by atoms with van der Waals surface area (Å²) >= 11 is 0. The maximum atomic E-state index is 5.62. The molecule has 1 saturated heterocycles.